The molecule has 2 atom stereocenters. The number of hydrogen-bond acceptors (Lipinski definition) is 3. The molecule has 0 aromatic carbocycles. The van der Waals surface area contributed by atoms with Crippen LogP contribution in [-0.2, 0) is 14.3 Å². The lowest BCUT2D eigenvalue weighted by atomic mass is 10.0. The van der Waals surface area contributed by atoms with Gasteiger partial charge in [0, 0.05) is 12.8 Å². The third-order valence-electron chi connectivity index (χ3n) is 3.37. The van der Waals surface area contributed by atoms with Crippen molar-refractivity contribution in [2.75, 3.05) is 0 Å². The molecular weight excluding hydrogens is 206 g/mol. The van der Waals surface area contributed by atoms with Crippen molar-refractivity contribution in [3.63, 3.8) is 0 Å². The minimum absolute atomic E-state index is 0.0389. The molecule has 2 saturated heterocycles. The van der Waals surface area contributed by atoms with Gasteiger partial charge in [-0.25, -0.2) is 0 Å². The van der Waals surface area contributed by atoms with E-state index in [-0.39, 0.29) is 24.0 Å². The largest absolute Gasteiger partial charge is 0.460 e. The molecule has 0 bridgehead atoms. The van der Waals surface area contributed by atoms with Crippen molar-refractivity contribution in [3.8, 4) is 0 Å². The van der Waals surface area contributed by atoms with Gasteiger partial charge >= 0.3 is 5.97 Å². The van der Waals surface area contributed by atoms with Crippen LogP contribution in [0.4, 0.5) is 0 Å². The SMILES string of the molecule is O=C1CCCCC(C2CCCCC(=O)O2)N1. The number of amides is 1. The quantitative estimate of drug-likeness (QED) is 0.688. The maximum absolute atomic E-state index is 11.5. The second-order valence-corrected chi connectivity index (χ2v) is 4.69. The third-order valence-corrected chi connectivity index (χ3v) is 3.37. The van der Waals surface area contributed by atoms with E-state index in [0.717, 1.165) is 38.5 Å². The van der Waals surface area contributed by atoms with Gasteiger partial charge in [0.2, 0.25) is 5.91 Å². The van der Waals surface area contributed by atoms with Gasteiger partial charge in [-0.05, 0) is 32.1 Å². The van der Waals surface area contributed by atoms with Gasteiger partial charge in [0.15, 0.2) is 0 Å². The van der Waals surface area contributed by atoms with Gasteiger partial charge in [-0.1, -0.05) is 6.42 Å². The van der Waals surface area contributed by atoms with Gasteiger partial charge in [-0.15, -0.1) is 0 Å². The normalized spacial score (nSPS) is 32.2. The average molecular weight is 225 g/mol. The highest BCUT2D eigenvalue weighted by Crippen LogP contribution is 2.21. The van der Waals surface area contributed by atoms with Crippen molar-refractivity contribution in [3.05, 3.63) is 0 Å². The van der Waals surface area contributed by atoms with E-state index in [1.54, 1.807) is 0 Å². The number of carbonyl (C=O) groups excluding carboxylic acids is 2. The Morgan fingerprint density at radius 3 is 2.62 bits per heavy atom. The Bertz CT molecular complexity index is 249. The molecule has 2 aliphatic rings. The molecule has 4 heteroatoms. The Kier molecular flexibility index (Phi) is 3.80. The molecule has 0 radical (unpaired) electrons. The zero-order valence-electron chi connectivity index (χ0n) is 9.54. The van der Waals surface area contributed by atoms with Crippen LogP contribution in [0, 0.1) is 0 Å². The van der Waals surface area contributed by atoms with Crippen molar-refractivity contribution < 1.29 is 14.3 Å². The van der Waals surface area contributed by atoms with E-state index >= 15 is 0 Å². The summed E-state index contributed by atoms with van der Waals surface area (Å²) >= 11 is 0. The number of ether oxygens (including phenoxy) is 1. The molecule has 0 aliphatic carbocycles. The number of hydrogen-bond donors (Lipinski definition) is 1. The molecule has 1 amide bonds. The van der Waals surface area contributed by atoms with Crippen molar-refractivity contribution >= 4 is 11.9 Å². The second-order valence-electron chi connectivity index (χ2n) is 4.69. The molecule has 0 aromatic heterocycles. The molecule has 1 N–H and O–H groups in total. The predicted molar refractivity (Wildman–Crippen MR) is 58.7 cm³/mol. The molecule has 16 heavy (non-hydrogen) atoms. The van der Waals surface area contributed by atoms with Gasteiger partial charge in [0.05, 0.1) is 6.04 Å². The molecule has 0 spiro atoms. The van der Waals surface area contributed by atoms with Crippen LogP contribution in [-0.4, -0.2) is 24.0 Å². The van der Waals surface area contributed by atoms with Crippen molar-refractivity contribution in [2.45, 2.75) is 63.5 Å². The van der Waals surface area contributed by atoms with E-state index in [2.05, 4.69) is 5.32 Å². The molecule has 2 aliphatic heterocycles. The zero-order valence-corrected chi connectivity index (χ0v) is 9.54. The zero-order chi connectivity index (χ0) is 11.4. The summed E-state index contributed by atoms with van der Waals surface area (Å²) in [5.74, 6) is -0.0104. The topological polar surface area (TPSA) is 55.4 Å². The number of rotatable bonds is 1. The summed E-state index contributed by atoms with van der Waals surface area (Å²) in [5.41, 5.74) is 0. The summed E-state index contributed by atoms with van der Waals surface area (Å²) in [6.45, 7) is 0. The fraction of sp³-hybridized carbons (Fsp3) is 0.833. The Morgan fingerprint density at radius 1 is 1.00 bits per heavy atom. The molecule has 4 nitrogen and oxygen atoms in total. The summed E-state index contributed by atoms with van der Waals surface area (Å²) in [5, 5.41) is 2.98. The third kappa shape index (κ3) is 2.97. The lowest BCUT2D eigenvalue weighted by molar-refractivity contribution is -0.150. The second kappa shape index (κ2) is 5.32. The Morgan fingerprint density at radius 2 is 1.75 bits per heavy atom. The van der Waals surface area contributed by atoms with E-state index in [1.165, 1.54) is 0 Å². The van der Waals surface area contributed by atoms with Crippen molar-refractivity contribution in [1.82, 2.24) is 5.32 Å². The van der Waals surface area contributed by atoms with E-state index in [1.807, 2.05) is 0 Å². The predicted octanol–water partition coefficient (Wildman–Crippen LogP) is 1.53. The minimum Gasteiger partial charge on any atom is -0.460 e. The molecule has 2 heterocycles. The molecule has 2 rings (SSSR count). The minimum atomic E-state index is -0.110. The Balaban J connectivity index is 1.97. The standard InChI is InChI=1S/C12H19NO3/c14-11-7-3-1-5-9(13-11)10-6-2-4-8-12(15)16-10/h9-10H,1-8H2,(H,13,14). The summed E-state index contributed by atoms with van der Waals surface area (Å²) in [7, 11) is 0. The Hall–Kier alpha value is -1.06. The summed E-state index contributed by atoms with van der Waals surface area (Å²) in [4.78, 5) is 22.8. The monoisotopic (exact) mass is 225 g/mol. The number of cyclic esters (lactones) is 1. The van der Waals surface area contributed by atoms with Crippen LogP contribution in [0.5, 0.6) is 0 Å². The molecule has 2 unspecified atom stereocenters. The van der Waals surface area contributed by atoms with E-state index in [4.69, 9.17) is 4.74 Å². The van der Waals surface area contributed by atoms with Crippen LogP contribution in [0.25, 0.3) is 0 Å². The fourth-order valence-electron chi connectivity index (χ4n) is 2.46. The molecule has 2 fully saturated rings. The number of carbonyl (C=O) groups is 2. The van der Waals surface area contributed by atoms with Gasteiger partial charge in [-0.2, -0.15) is 0 Å². The smallest absolute Gasteiger partial charge is 0.306 e. The van der Waals surface area contributed by atoms with Gasteiger partial charge in [0.25, 0.3) is 0 Å². The van der Waals surface area contributed by atoms with E-state index in [0.29, 0.717) is 12.8 Å². The van der Waals surface area contributed by atoms with Gasteiger partial charge in [0.1, 0.15) is 6.10 Å². The number of esters is 1. The first-order valence-corrected chi connectivity index (χ1v) is 6.24. The Labute approximate surface area is 95.7 Å². The van der Waals surface area contributed by atoms with Crippen LogP contribution in [0.15, 0.2) is 0 Å². The lowest BCUT2D eigenvalue weighted by Gasteiger charge is -2.25. The van der Waals surface area contributed by atoms with Crippen molar-refractivity contribution in [2.24, 2.45) is 0 Å². The number of nitrogens with one attached hydrogen (secondary N) is 1. The summed E-state index contributed by atoms with van der Waals surface area (Å²) < 4.78 is 5.40. The van der Waals surface area contributed by atoms with Crippen molar-refractivity contribution in [1.29, 1.82) is 0 Å². The lowest BCUT2D eigenvalue weighted by Crippen LogP contribution is -2.43. The summed E-state index contributed by atoms with van der Waals surface area (Å²) in [6, 6.07) is 0.0389. The fourth-order valence-corrected chi connectivity index (χ4v) is 2.46. The first-order chi connectivity index (χ1) is 7.75. The van der Waals surface area contributed by atoms with Crippen LogP contribution in [0.3, 0.4) is 0 Å². The summed E-state index contributed by atoms with van der Waals surface area (Å²) in [6.07, 6.45) is 6.77. The van der Waals surface area contributed by atoms with E-state index < -0.39 is 0 Å². The van der Waals surface area contributed by atoms with Gasteiger partial charge < -0.3 is 10.1 Å². The van der Waals surface area contributed by atoms with Gasteiger partial charge in [-0.3, -0.25) is 9.59 Å². The highest BCUT2D eigenvalue weighted by molar-refractivity contribution is 5.76. The molecule has 0 saturated carbocycles. The highest BCUT2D eigenvalue weighted by atomic mass is 16.5. The molecule has 0 aromatic rings. The van der Waals surface area contributed by atoms with Crippen LogP contribution in [0.1, 0.15) is 51.4 Å². The molecule has 90 valence electrons. The average Bonchev–Trinajstić information content (AvgIpc) is 2.58. The maximum Gasteiger partial charge on any atom is 0.306 e. The van der Waals surface area contributed by atoms with Crippen LogP contribution in [0.2, 0.25) is 0 Å². The molecular formula is C12H19NO3. The maximum atomic E-state index is 11.5. The van der Waals surface area contributed by atoms with E-state index in [9.17, 15) is 9.59 Å². The first kappa shape index (κ1) is 11.4. The van der Waals surface area contributed by atoms with Crippen LogP contribution < -0.4 is 5.32 Å². The highest BCUT2D eigenvalue weighted by Gasteiger charge is 2.29. The first-order valence-electron chi connectivity index (χ1n) is 6.24. The van der Waals surface area contributed by atoms with Crippen LogP contribution >= 0.6 is 0 Å².